The highest BCUT2D eigenvalue weighted by atomic mass is 16.5. The Morgan fingerprint density at radius 1 is 1.32 bits per heavy atom. The summed E-state index contributed by atoms with van der Waals surface area (Å²) < 4.78 is 5.14. The van der Waals surface area contributed by atoms with Gasteiger partial charge in [0.05, 0.1) is 0 Å². The molecule has 0 aliphatic carbocycles. The third-order valence-electron chi connectivity index (χ3n) is 3.18. The van der Waals surface area contributed by atoms with Crippen molar-refractivity contribution in [3.8, 4) is 0 Å². The molecular weight excluding hydrogens is 250 g/mol. The van der Waals surface area contributed by atoms with E-state index >= 15 is 0 Å². The minimum absolute atomic E-state index is 0.299. The van der Waals surface area contributed by atoms with E-state index in [4.69, 9.17) is 4.74 Å². The van der Waals surface area contributed by atoms with Gasteiger partial charge in [0, 0.05) is 32.6 Å². The van der Waals surface area contributed by atoms with Crippen molar-refractivity contribution in [2.24, 2.45) is 0 Å². The molecule has 7 heteroatoms. The predicted octanol–water partition coefficient (Wildman–Crippen LogP) is -0.129. The molecule has 0 bridgehead atoms. The van der Waals surface area contributed by atoms with Crippen LogP contribution in [0.15, 0.2) is 0 Å². The van der Waals surface area contributed by atoms with Crippen LogP contribution in [0.2, 0.25) is 0 Å². The molecule has 110 valence electrons. The largest absolute Gasteiger partial charge is 0.480 e. The van der Waals surface area contributed by atoms with Crippen molar-refractivity contribution in [2.75, 3.05) is 40.4 Å². The Bertz CT molecular complexity index is 314. The monoisotopic (exact) mass is 273 g/mol. The molecule has 7 nitrogen and oxygen atoms in total. The molecule has 0 saturated carbocycles. The van der Waals surface area contributed by atoms with Gasteiger partial charge in [-0.05, 0) is 27.1 Å². The molecule has 0 radical (unpaired) electrons. The number of aliphatic carboxylic acids is 1. The molecule has 1 fully saturated rings. The predicted molar refractivity (Wildman–Crippen MR) is 70.1 cm³/mol. The van der Waals surface area contributed by atoms with E-state index in [1.807, 2.05) is 19.0 Å². The summed E-state index contributed by atoms with van der Waals surface area (Å²) in [7, 11) is 3.92. The van der Waals surface area contributed by atoms with E-state index in [-0.39, 0.29) is 0 Å². The van der Waals surface area contributed by atoms with Crippen molar-refractivity contribution in [3.63, 3.8) is 0 Å². The van der Waals surface area contributed by atoms with Gasteiger partial charge in [-0.15, -0.1) is 0 Å². The Labute approximate surface area is 113 Å². The lowest BCUT2D eigenvalue weighted by Gasteiger charge is -2.33. The fourth-order valence-corrected chi connectivity index (χ4v) is 1.97. The lowest BCUT2D eigenvalue weighted by molar-refractivity contribution is -0.148. The zero-order valence-corrected chi connectivity index (χ0v) is 11.6. The van der Waals surface area contributed by atoms with Crippen LogP contribution in [0.25, 0.3) is 0 Å². The smallest absolute Gasteiger partial charge is 0.329 e. The number of amides is 2. The van der Waals surface area contributed by atoms with E-state index in [9.17, 15) is 14.7 Å². The molecule has 0 aromatic carbocycles. The minimum Gasteiger partial charge on any atom is -0.480 e. The van der Waals surface area contributed by atoms with E-state index in [1.165, 1.54) is 0 Å². The summed E-state index contributed by atoms with van der Waals surface area (Å²) >= 11 is 0. The fourth-order valence-electron chi connectivity index (χ4n) is 1.97. The van der Waals surface area contributed by atoms with Crippen molar-refractivity contribution in [3.05, 3.63) is 0 Å². The molecule has 1 aliphatic heterocycles. The van der Waals surface area contributed by atoms with E-state index in [0.717, 1.165) is 13.0 Å². The zero-order valence-electron chi connectivity index (χ0n) is 11.6. The van der Waals surface area contributed by atoms with Crippen LogP contribution in [0.1, 0.15) is 19.3 Å². The molecule has 0 unspecified atom stereocenters. The first-order valence-corrected chi connectivity index (χ1v) is 6.48. The molecule has 19 heavy (non-hydrogen) atoms. The highest BCUT2D eigenvalue weighted by molar-refractivity contribution is 5.86. The number of hydrogen-bond acceptors (Lipinski definition) is 4. The number of carboxylic acids is 1. The Hall–Kier alpha value is -1.34. The maximum atomic E-state index is 11.7. The van der Waals surface area contributed by atoms with E-state index in [2.05, 4.69) is 10.6 Å². The highest BCUT2D eigenvalue weighted by Gasteiger charge is 2.41. The molecular formula is C12H23N3O4. The molecule has 0 spiro atoms. The van der Waals surface area contributed by atoms with Crippen LogP contribution in [-0.2, 0) is 9.53 Å². The van der Waals surface area contributed by atoms with Crippen molar-refractivity contribution in [1.82, 2.24) is 15.5 Å². The Morgan fingerprint density at radius 3 is 2.47 bits per heavy atom. The van der Waals surface area contributed by atoms with Crippen LogP contribution in [0.3, 0.4) is 0 Å². The molecule has 1 heterocycles. The number of hydrogen-bond donors (Lipinski definition) is 3. The Morgan fingerprint density at radius 2 is 1.95 bits per heavy atom. The Kier molecular flexibility index (Phi) is 6.04. The number of carbonyl (C=O) groups excluding carboxylic acids is 1. The normalized spacial score (nSPS) is 18.1. The van der Waals surface area contributed by atoms with Gasteiger partial charge in [0.2, 0.25) is 0 Å². The summed E-state index contributed by atoms with van der Waals surface area (Å²) in [6.07, 6.45) is 1.42. The van der Waals surface area contributed by atoms with Crippen molar-refractivity contribution < 1.29 is 19.4 Å². The first-order valence-electron chi connectivity index (χ1n) is 6.48. The Balaban J connectivity index is 2.37. The standard InChI is InChI=1S/C12H23N3O4/c1-15(2)7-3-6-13-11(18)14-12(10(16)17)4-8-19-9-5-12/h3-9H2,1-2H3,(H,16,17)(H2,13,14,18). The van der Waals surface area contributed by atoms with Gasteiger partial charge in [-0.2, -0.15) is 0 Å². The number of nitrogens with zero attached hydrogens (tertiary/aromatic N) is 1. The van der Waals surface area contributed by atoms with Gasteiger partial charge in [-0.3, -0.25) is 0 Å². The van der Waals surface area contributed by atoms with Crippen LogP contribution < -0.4 is 10.6 Å². The summed E-state index contributed by atoms with van der Waals surface area (Å²) in [4.78, 5) is 25.1. The molecule has 0 atom stereocenters. The third-order valence-corrected chi connectivity index (χ3v) is 3.18. The van der Waals surface area contributed by atoms with Crippen LogP contribution in [-0.4, -0.2) is 67.9 Å². The number of nitrogens with one attached hydrogen (secondary N) is 2. The van der Waals surface area contributed by atoms with E-state index < -0.39 is 17.5 Å². The average Bonchev–Trinajstić information content (AvgIpc) is 2.35. The van der Waals surface area contributed by atoms with Gasteiger partial charge in [0.1, 0.15) is 5.54 Å². The molecule has 1 rings (SSSR count). The van der Waals surface area contributed by atoms with Gasteiger partial charge in [-0.25, -0.2) is 9.59 Å². The van der Waals surface area contributed by atoms with E-state index in [1.54, 1.807) is 0 Å². The zero-order chi connectivity index (χ0) is 14.3. The summed E-state index contributed by atoms with van der Waals surface area (Å²) in [5.41, 5.74) is -1.19. The second-order valence-corrected chi connectivity index (χ2v) is 5.04. The molecule has 0 aromatic heterocycles. The summed E-state index contributed by atoms with van der Waals surface area (Å²) in [5, 5.41) is 14.5. The van der Waals surface area contributed by atoms with Crippen LogP contribution in [0.4, 0.5) is 4.79 Å². The summed E-state index contributed by atoms with van der Waals surface area (Å²) in [5.74, 6) is -1.00. The van der Waals surface area contributed by atoms with Crippen molar-refractivity contribution in [1.29, 1.82) is 0 Å². The molecule has 0 aromatic rings. The lowest BCUT2D eigenvalue weighted by Crippen LogP contribution is -2.59. The van der Waals surface area contributed by atoms with Crippen LogP contribution in [0.5, 0.6) is 0 Å². The molecule has 3 N–H and O–H groups in total. The van der Waals surface area contributed by atoms with Gasteiger partial charge >= 0.3 is 12.0 Å². The molecule has 2 amide bonds. The minimum atomic E-state index is -1.19. The summed E-state index contributed by atoms with van der Waals surface area (Å²) in [6.45, 7) is 2.11. The van der Waals surface area contributed by atoms with Crippen molar-refractivity contribution in [2.45, 2.75) is 24.8 Å². The number of urea groups is 1. The number of ether oxygens (including phenoxy) is 1. The van der Waals surface area contributed by atoms with Gasteiger partial charge in [-0.1, -0.05) is 0 Å². The number of rotatable bonds is 6. The average molecular weight is 273 g/mol. The first-order chi connectivity index (χ1) is 8.96. The maximum absolute atomic E-state index is 11.7. The second-order valence-electron chi connectivity index (χ2n) is 5.04. The number of carbonyl (C=O) groups is 2. The molecule has 1 saturated heterocycles. The third kappa shape index (κ3) is 5.04. The lowest BCUT2D eigenvalue weighted by atomic mass is 9.90. The highest BCUT2D eigenvalue weighted by Crippen LogP contribution is 2.20. The SMILES string of the molecule is CN(C)CCCNC(=O)NC1(C(=O)O)CCOCC1. The summed E-state index contributed by atoms with van der Waals surface area (Å²) in [6, 6.07) is -0.428. The van der Waals surface area contributed by atoms with E-state index in [0.29, 0.717) is 32.6 Å². The molecule has 1 aliphatic rings. The number of carboxylic acid groups (broad SMARTS) is 1. The topological polar surface area (TPSA) is 90.9 Å². The second kappa shape index (κ2) is 7.30. The van der Waals surface area contributed by atoms with Gasteiger partial charge < -0.3 is 25.4 Å². The maximum Gasteiger partial charge on any atom is 0.329 e. The first kappa shape index (κ1) is 15.7. The van der Waals surface area contributed by atoms with Crippen LogP contribution in [0, 0.1) is 0 Å². The quantitative estimate of drug-likeness (QED) is 0.587. The van der Waals surface area contributed by atoms with Crippen molar-refractivity contribution >= 4 is 12.0 Å². The fraction of sp³-hybridized carbons (Fsp3) is 0.833. The van der Waals surface area contributed by atoms with Gasteiger partial charge in [0.25, 0.3) is 0 Å². The van der Waals surface area contributed by atoms with Gasteiger partial charge in [0.15, 0.2) is 0 Å². The van der Waals surface area contributed by atoms with Crippen LogP contribution >= 0.6 is 0 Å².